The summed E-state index contributed by atoms with van der Waals surface area (Å²) in [5.74, 6) is 1.03. The molecule has 5 heteroatoms. The van der Waals surface area contributed by atoms with Gasteiger partial charge in [0.05, 0.1) is 0 Å². The molecule has 0 bridgehead atoms. The maximum atomic E-state index is 11.6. The molecule has 0 aliphatic carbocycles. The maximum Gasteiger partial charge on any atom is 0.417 e. The summed E-state index contributed by atoms with van der Waals surface area (Å²) in [5.41, 5.74) is 0.579. The molecule has 2 aromatic carbocycles. The molecule has 0 aromatic heterocycles. The molecule has 0 aliphatic heterocycles. The Morgan fingerprint density at radius 2 is 1.75 bits per heavy atom. The Hall–Kier alpha value is -3.00. The summed E-state index contributed by atoms with van der Waals surface area (Å²) in [6, 6.07) is 17.3. The minimum atomic E-state index is -0.568. The number of nitriles is 1. The molecule has 0 unspecified atom stereocenters. The van der Waals surface area contributed by atoms with E-state index in [0.717, 1.165) is 0 Å². The van der Waals surface area contributed by atoms with E-state index in [1.54, 1.807) is 48.5 Å². The lowest BCUT2D eigenvalue weighted by Gasteiger charge is -2.07. The van der Waals surface area contributed by atoms with Crippen LogP contribution in [0.15, 0.2) is 54.6 Å². The second-order valence-corrected chi connectivity index (χ2v) is 3.80. The third-order valence-electron chi connectivity index (χ3n) is 2.36. The van der Waals surface area contributed by atoms with Gasteiger partial charge in [-0.3, -0.25) is 5.32 Å². The number of rotatable bonds is 4. The van der Waals surface area contributed by atoms with Crippen LogP contribution in [0.4, 0.5) is 10.5 Å². The van der Waals surface area contributed by atoms with Crippen molar-refractivity contribution in [2.45, 2.75) is 0 Å². The van der Waals surface area contributed by atoms with Crippen LogP contribution in [0, 0.1) is 11.3 Å². The molecule has 0 atom stereocenters. The van der Waals surface area contributed by atoms with Gasteiger partial charge >= 0.3 is 6.09 Å². The lowest BCUT2D eigenvalue weighted by atomic mass is 10.3. The number of amides is 1. The van der Waals surface area contributed by atoms with E-state index in [4.69, 9.17) is 14.7 Å². The van der Waals surface area contributed by atoms with Crippen LogP contribution in [0.25, 0.3) is 0 Å². The first-order valence-corrected chi connectivity index (χ1v) is 5.91. The number of nitrogens with one attached hydrogen (secondary N) is 1. The zero-order valence-electron chi connectivity index (χ0n) is 10.6. The molecule has 0 heterocycles. The van der Waals surface area contributed by atoms with Gasteiger partial charge in [-0.25, -0.2) is 4.79 Å². The van der Waals surface area contributed by atoms with E-state index in [-0.39, 0.29) is 6.61 Å². The van der Waals surface area contributed by atoms with E-state index < -0.39 is 6.09 Å². The fourth-order valence-electron chi connectivity index (χ4n) is 1.49. The second kappa shape index (κ2) is 6.81. The normalized spacial score (nSPS) is 9.35. The molecule has 2 rings (SSSR count). The van der Waals surface area contributed by atoms with Crippen LogP contribution in [0.5, 0.6) is 11.5 Å². The number of carbonyl (C=O) groups is 1. The minimum absolute atomic E-state index is 0.0111. The third-order valence-corrected chi connectivity index (χ3v) is 2.36. The predicted molar refractivity (Wildman–Crippen MR) is 73.6 cm³/mol. The topological polar surface area (TPSA) is 71.3 Å². The molecule has 20 heavy (non-hydrogen) atoms. The van der Waals surface area contributed by atoms with Gasteiger partial charge in [0, 0.05) is 5.69 Å². The highest BCUT2D eigenvalue weighted by Crippen LogP contribution is 2.16. The van der Waals surface area contributed by atoms with Gasteiger partial charge in [0.2, 0.25) is 0 Å². The smallest absolute Gasteiger partial charge is 0.417 e. The third kappa shape index (κ3) is 4.03. The summed E-state index contributed by atoms with van der Waals surface area (Å²) in [4.78, 5) is 11.6. The highest BCUT2D eigenvalue weighted by Gasteiger charge is 2.04. The Morgan fingerprint density at radius 1 is 1.05 bits per heavy atom. The lowest BCUT2D eigenvalue weighted by Crippen LogP contribution is -2.16. The van der Waals surface area contributed by atoms with Gasteiger partial charge in [-0.1, -0.05) is 18.2 Å². The van der Waals surface area contributed by atoms with Gasteiger partial charge < -0.3 is 9.47 Å². The molecular formula is C15H12N2O3. The minimum Gasteiger partial charge on any atom is -0.479 e. The molecule has 100 valence electrons. The molecule has 1 N–H and O–H groups in total. The summed E-state index contributed by atoms with van der Waals surface area (Å²) in [7, 11) is 0. The standard InChI is InChI=1S/C15H12N2O3/c16-10-11-19-13-8-6-12(7-9-13)17-15(18)20-14-4-2-1-3-5-14/h1-9H,11H2,(H,17,18). The van der Waals surface area contributed by atoms with Gasteiger partial charge in [-0.05, 0) is 36.4 Å². The fourth-order valence-corrected chi connectivity index (χ4v) is 1.49. The summed E-state index contributed by atoms with van der Waals surface area (Å²) in [5, 5.41) is 11.0. The first-order valence-electron chi connectivity index (χ1n) is 5.91. The number of hydrogen-bond donors (Lipinski definition) is 1. The summed E-state index contributed by atoms with van der Waals surface area (Å²) < 4.78 is 10.2. The highest BCUT2D eigenvalue weighted by molar-refractivity contribution is 5.86. The van der Waals surface area contributed by atoms with Gasteiger partial charge in [0.15, 0.2) is 6.61 Å². The van der Waals surface area contributed by atoms with Crippen molar-refractivity contribution in [3.8, 4) is 17.6 Å². The van der Waals surface area contributed by atoms with E-state index in [1.807, 2.05) is 12.1 Å². The van der Waals surface area contributed by atoms with Crippen LogP contribution in [0.3, 0.4) is 0 Å². The van der Waals surface area contributed by atoms with E-state index in [0.29, 0.717) is 17.2 Å². The van der Waals surface area contributed by atoms with Crippen LogP contribution in [-0.4, -0.2) is 12.7 Å². The van der Waals surface area contributed by atoms with Crippen LogP contribution >= 0.6 is 0 Å². The predicted octanol–water partition coefficient (Wildman–Crippen LogP) is 3.20. The van der Waals surface area contributed by atoms with Crippen molar-refractivity contribution in [2.24, 2.45) is 0 Å². The monoisotopic (exact) mass is 268 g/mol. The van der Waals surface area contributed by atoms with Crippen LogP contribution in [-0.2, 0) is 0 Å². The lowest BCUT2D eigenvalue weighted by molar-refractivity contribution is 0.215. The van der Waals surface area contributed by atoms with Crippen molar-refractivity contribution in [2.75, 3.05) is 11.9 Å². The molecule has 0 fully saturated rings. The average Bonchev–Trinajstić information content (AvgIpc) is 2.47. The number of para-hydroxylation sites is 1. The summed E-state index contributed by atoms with van der Waals surface area (Å²) in [6.45, 7) is -0.0111. The molecule has 2 aromatic rings. The Morgan fingerprint density at radius 3 is 2.40 bits per heavy atom. The van der Waals surface area contributed by atoms with E-state index >= 15 is 0 Å². The number of ether oxygens (including phenoxy) is 2. The maximum absolute atomic E-state index is 11.6. The molecule has 1 amide bonds. The zero-order chi connectivity index (χ0) is 14.2. The number of carbonyl (C=O) groups excluding carboxylic acids is 1. The molecule has 0 saturated heterocycles. The van der Waals surface area contributed by atoms with Crippen molar-refractivity contribution in [1.29, 1.82) is 5.26 Å². The average molecular weight is 268 g/mol. The molecule has 0 spiro atoms. The second-order valence-electron chi connectivity index (χ2n) is 3.80. The first-order chi connectivity index (χ1) is 9.78. The van der Waals surface area contributed by atoms with Gasteiger partial charge in [-0.15, -0.1) is 0 Å². The largest absolute Gasteiger partial charge is 0.479 e. The van der Waals surface area contributed by atoms with Crippen molar-refractivity contribution >= 4 is 11.8 Å². The van der Waals surface area contributed by atoms with Crippen molar-refractivity contribution in [3.63, 3.8) is 0 Å². The Labute approximate surface area is 116 Å². The number of hydrogen-bond acceptors (Lipinski definition) is 4. The van der Waals surface area contributed by atoms with Gasteiger partial charge in [0.1, 0.15) is 17.6 Å². The summed E-state index contributed by atoms with van der Waals surface area (Å²) in [6.07, 6.45) is -0.568. The fraction of sp³-hybridized carbons (Fsp3) is 0.0667. The Bertz CT molecular complexity index is 603. The molecular weight excluding hydrogens is 256 g/mol. The first kappa shape index (κ1) is 13.4. The SMILES string of the molecule is N#CCOc1ccc(NC(=O)Oc2ccccc2)cc1. The Balaban J connectivity index is 1.90. The van der Waals surface area contributed by atoms with Crippen LogP contribution in [0.2, 0.25) is 0 Å². The van der Waals surface area contributed by atoms with E-state index in [9.17, 15) is 4.79 Å². The number of benzene rings is 2. The molecule has 0 radical (unpaired) electrons. The van der Waals surface area contributed by atoms with E-state index in [2.05, 4.69) is 5.32 Å². The van der Waals surface area contributed by atoms with Crippen molar-refractivity contribution < 1.29 is 14.3 Å². The molecule has 0 aliphatic rings. The number of anilines is 1. The summed E-state index contributed by atoms with van der Waals surface area (Å²) >= 11 is 0. The van der Waals surface area contributed by atoms with Crippen molar-refractivity contribution in [1.82, 2.24) is 0 Å². The van der Waals surface area contributed by atoms with E-state index in [1.165, 1.54) is 0 Å². The Kier molecular flexibility index (Phi) is 4.57. The van der Waals surface area contributed by atoms with Crippen LogP contribution < -0.4 is 14.8 Å². The highest BCUT2D eigenvalue weighted by atomic mass is 16.6. The zero-order valence-corrected chi connectivity index (χ0v) is 10.6. The molecule has 0 saturated carbocycles. The quantitative estimate of drug-likeness (QED) is 0.924. The molecule has 5 nitrogen and oxygen atoms in total. The van der Waals surface area contributed by atoms with Gasteiger partial charge in [0.25, 0.3) is 0 Å². The van der Waals surface area contributed by atoms with Gasteiger partial charge in [-0.2, -0.15) is 5.26 Å². The van der Waals surface area contributed by atoms with Crippen LogP contribution in [0.1, 0.15) is 0 Å². The van der Waals surface area contributed by atoms with Crippen molar-refractivity contribution in [3.05, 3.63) is 54.6 Å². The number of nitrogens with zero attached hydrogens (tertiary/aromatic N) is 1.